The van der Waals surface area contributed by atoms with Crippen molar-refractivity contribution in [2.45, 2.75) is 38.9 Å². The molecule has 0 radical (unpaired) electrons. The molecule has 1 aliphatic rings. The maximum atomic E-state index is 14.7. The van der Waals surface area contributed by atoms with Gasteiger partial charge in [0.1, 0.15) is 22.9 Å². The highest BCUT2D eigenvalue weighted by Crippen LogP contribution is 2.38. The van der Waals surface area contributed by atoms with Gasteiger partial charge in [0.05, 0.1) is 25.4 Å². The fourth-order valence-electron chi connectivity index (χ4n) is 2.43. The molecule has 1 aromatic carbocycles. The zero-order chi connectivity index (χ0) is 19.0. The van der Waals surface area contributed by atoms with Crippen LogP contribution in [0.1, 0.15) is 43.6 Å². The Hall–Kier alpha value is -2.06. The van der Waals surface area contributed by atoms with Crippen LogP contribution >= 0.6 is 0 Å². The Balaban J connectivity index is 2.40. The molecule has 1 saturated heterocycles. The number of ether oxygens (including phenoxy) is 2. The minimum Gasteiger partial charge on any atom is -0.496 e. The summed E-state index contributed by atoms with van der Waals surface area (Å²) in [6, 6.07) is 2.59. The molecule has 2 rings (SSSR count). The molecule has 0 aromatic heterocycles. The smallest absolute Gasteiger partial charge is 0.490 e. The second-order valence-corrected chi connectivity index (χ2v) is 6.70. The molecular weight excluding hydrogens is 330 g/mol. The van der Waals surface area contributed by atoms with Crippen molar-refractivity contribution in [3.8, 4) is 11.5 Å². The van der Waals surface area contributed by atoms with Crippen LogP contribution in [-0.4, -0.2) is 43.6 Å². The van der Waals surface area contributed by atoms with E-state index in [4.69, 9.17) is 18.8 Å². The van der Waals surface area contributed by atoms with Gasteiger partial charge in [0, 0.05) is 5.56 Å². The molecule has 0 aliphatic carbocycles. The van der Waals surface area contributed by atoms with Gasteiger partial charge in [-0.15, -0.1) is 0 Å². The van der Waals surface area contributed by atoms with E-state index in [-0.39, 0.29) is 22.6 Å². The maximum Gasteiger partial charge on any atom is 0.490 e. The highest BCUT2D eigenvalue weighted by molar-refractivity contribution is 6.53. The van der Waals surface area contributed by atoms with E-state index in [1.54, 1.807) is 0 Å². The number of rotatable bonds is 5. The largest absolute Gasteiger partial charge is 0.496 e. The highest BCUT2D eigenvalue weighted by atomic mass is 19.1. The van der Waals surface area contributed by atoms with Gasteiger partial charge in [0.15, 0.2) is 0 Å². The van der Waals surface area contributed by atoms with E-state index >= 15 is 0 Å². The lowest BCUT2D eigenvalue weighted by Gasteiger charge is -2.32. The van der Waals surface area contributed by atoms with E-state index < -0.39 is 30.1 Å². The number of methoxy groups -OCH3 is 2. The monoisotopic (exact) mass is 352 g/mol. The predicted molar refractivity (Wildman–Crippen MR) is 91.7 cm³/mol. The lowest BCUT2D eigenvalue weighted by atomic mass is 9.88. The van der Waals surface area contributed by atoms with Crippen LogP contribution in [0.15, 0.2) is 18.1 Å². The SMILES string of the molecule is COc1cc(/C(F)=C/B2OC(C)(C)C(C)(C)O2)cc(OC)c1C(=O)O. The van der Waals surface area contributed by atoms with Gasteiger partial charge in [-0.3, -0.25) is 0 Å². The van der Waals surface area contributed by atoms with Crippen LogP contribution in [0.4, 0.5) is 4.39 Å². The summed E-state index contributed by atoms with van der Waals surface area (Å²) in [5.41, 5.74) is -1.24. The average molecular weight is 352 g/mol. The molecule has 1 heterocycles. The van der Waals surface area contributed by atoms with Crippen LogP contribution in [0.25, 0.3) is 5.83 Å². The van der Waals surface area contributed by atoms with Gasteiger partial charge in [-0.05, 0) is 45.8 Å². The normalized spacial score (nSPS) is 19.0. The molecule has 1 aliphatic heterocycles. The molecule has 0 atom stereocenters. The number of carboxylic acid groups (broad SMARTS) is 1. The van der Waals surface area contributed by atoms with Crippen molar-refractivity contribution in [1.82, 2.24) is 0 Å². The van der Waals surface area contributed by atoms with Gasteiger partial charge >= 0.3 is 13.1 Å². The molecule has 6 nitrogen and oxygen atoms in total. The van der Waals surface area contributed by atoms with Gasteiger partial charge in [0.2, 0.25) is 0 Å². The third-order valence-electron chi connectivity index (χ3n) is 4.55. The summed E-state index contributed by atoms with van der Waals surface area (Å²) in [6.45, 7) is 7.47. The first-order chi connectivity index (χ1) is 11.5. The fourth-order valence-corrected chi connectivity index (χ4v) is 2.43. The zero-order valence-corrected chi connectivity index (χ0v) is 15.2. The summed E-state index contributed by atoms with van der Waals surface area (Å²) in [5, 5.41) is 9.27. The van der Waals surface area contributed by atoms with E-state index in [2.05, 4.69) is 0 Å². The molecule has 8 heteroatoms. The van der Waals surface area contributed by atoms with Crippen molar-refractivity contribution >= 4 is 18.9 Å². The Morgan fingerprint density at radius 3 is 1.92 bits per heavy atom. The minimum atomic E-state index is -1.23. The number of carbonyl (C=O) groups is 1. The lowest BCUT2D eigenvalue weighted by Crippen LogP contribution is -2.41. The van der Waals surface area contributed by atoms with Crippen LogP contribution in [0.3, 0.4) is 0 Å². The molecule has 0 saturated carbocycles. The Morgan fingerprint density at radius 2 is 1.56 bits per heavy atom. The molecule has 1 N–H and O–H groups in total. The third kappa shape index (κ3) is 3.64. The van der Waals surface area contributed by atoms with E-state index in [1.807, 2.05) is 27.7 Å². The van der Waals surface area contributed by atoms with Crippen LogP contribution in [-0.2, 0) is 9.31 Å². The van der Waals surface area contributed by atoms with Crippen molar-refractivity contribution in [1.29, 1.82) is 0 Å². The number of carboxylic acids is 1. The van der Waals surface area contributed by atoms with Crippen LogP contribution in [0.5, 0.6) is 11.5 Å². The molecule has 136 valence electrons. The molecule has 25 heavy (non-hydrogen) atoms. The van der Waals surface area contributed by atoms with Gasteiger partial charge in [-0.1, -0.05) is 0 Å². The van der Waals surface area contributed by atoms with Crippen molar-refractivity contribution in [3.05, 3.63) is 29.2 Å². The topological polar surface area (TPSA) is 74.2 Å². The Bertz CT molecular complexity index is 672. The quantitative estimate of drug-likeness (QED) is 0.820. The zero-order valence-electron chi connectivity index (χ0n) is 15.2. The van der Waals surface area contributed by atoms with Crippen molar-refractivity contribution in [3.63, 3.8) is 0 Å². The molecule has 0 unspecified atom stereocenters. The van der Waals surface area contributed by atoms with E-state index in [9.17, 15) is 14.3 Å². The maximum absolute atomic E-state index is 14.7. The summed E-state index contributed by atoms with van der Waals surface area (Å²) in [6.07, 6.45) is 0. The summed E-state index contributed by atoms with van der Waals surface area (Å²) >= 11 is 0. The summed E-state index contributed by atoms with van der Waals surface area (Å²) in [5.74, 6) is -0.660. The lowest BCUT2D eigenvalue weighted by molar-refractivity contribution is 0.00578. The Labute approximate surface area is 146 Å². The molecule has 0 amide bonds. The second-order valence-electron chi connectivity index (χ2n) is 6.70. The van der Waals surface area contributed by atoms with Gasteiger partial charge in [-0.25, -0.2) is 9.18 Å². The summed E-state index contributed by atoms with van der Waals surface area (Å²) in [7, 11) is 1.75. The minimum absolute atomic E-state index is 0.000631. The number of hydrogen-bond acceptors (Lipinski definition) is 5. The molecular formula is C17H22BFO6. The van der Waals surface area contributed by atoms with E-state index in [0.717, 1.165) is 0 Å². The first-order valence-electron chi connectivity index (χ1n) is 7.75. The van der Waals surface area contributed by atoms with Gasteiger partial charge < -0.3 is 23.9 Å². The number of aromatic carboxylic acids is 1. The van der Waals surface area contributed by atoms with Crippen LogP contribution in [0.2, 0.25) is 0 Å². The van der Waals surface area contributed by atoms with E-state index in [0.29, 0.717) is 0 Å². The van der Waals surface area contributed by atoms with Gasteiger partial charge in [-0.2, -0.15) is 0 Å². The molecule has 1 fully saturated rings. The standard InChI is InChI=1S/C17H22BFO6/c1-16(2)17(3,4)25-18(24-16)9-11(19)10-7-12(22-5)14(15(20)21)13(8-10)23-6/h7-9H,1-6H3,(H,20,21)/b11-9-. The van der Waals surface area contributed by atoms with Gasteiger partial charge in [0.25, 0.3) is 0 Å². The van der Waals surface area contributed by atoms with Crippen LogP contribution in [0, 0.1) is 0 Å². The van der Waals surface area contributed by atoms with Crippen molar-refractivity contribution < 1.29 is 33.1 Å². The van der Waals surface area contributed by atoms with Crippen LogP contribution < -0.4 is 9.47 Å². The Kier molecular flexibility index (Phi) is 5.15. The fraction of sp³-hybridized carbons (Fsp3) is 0.471. The van der Waals surface area contributed by atoms with Crippen molar-refractivity contribution in [2.24, 2.45) is 0 Å². The Morgan fingerprint density at radius 1 is 1.12 bits per heavy atom. The molecule has 0 spiro atoms. The first-order valence-corrected chi connectivity index (χ1v) is 7.75. The summed E-state index contributed by atoms with van der Waals surface area (Å²) < 4.78 is 36.3. The first kappa shape index (κ1) is 19.3. The highest BCUT2D eigenvalue weighted by Gasteiger charge is 2.50. The number of halogens is 1. The second kappa shape index (κ2) is 6.69. The molecule has 0 bridgehead atoms. The predicted octanol–water partition coefficient (Wildman–Crippen LogP) is 3.34. The average Bonchev–Trinajstić information content (AvgIpc) is 2.72. The summed E-state index contributed by atoms with van der Waals surface area (Å²) in [4.78, 5) is 11.4. The number of hydrogen-bond donors (Lipinski definition) is 1. The third-order valence-corrected chi connectivity index (χ3v) is 4.55. The van der Waals surface area contributed by atoms with E-state index in [1.165, 1.54) is 32.3 Å². The molecule has 1 aromatic rings. The van der Waals surface area contributed by atoms with Crippen molar-refractivity contribution in [2.75, 3.05) is 14.2 Å². The number of benzene rings is 1.